The average Bonchev–Trinajstić information content (AvgIpc) is 3.13. The van der Waals surface area contributed by atoms with Gasteiger partial charge in [0.2, 0.25) is 0 Å². The molecule has 0 spiro atoms. The maximum absolute atomic E-state index is 4.65. The minimum absolute atomic E-state index is 0.894. The van der Waals surface area contributed by atoms with Crippen molar-refractivity contribution in [3.05, 3.63) is 58.9 Å². The van der Waals surface area contributed by atoms with E-state index in [1.807, 2.05) is 37.3 Å². The van der Waals surface area contributed by atoms with Crippen LogP contribution < -0.4 is 0 Å². The third-order valence-corrected chi connectivity index (χ3v) is 4.21. The van der Waals surface area contributed by atoms with Crippen LogP contribution in [0.5, 0.6) is 0 Å². The van der Waals surface area contributed by atoms with Crippen molar-refractivity contribution in [3.63, 3.8) is 0 Å². The van der Waals surface area contributed by atoms with Gasteiger partial charge in [0.25, 0.3) is 0 Å². The van der Waals surface area contributed by atoms with E-state index in [4.69, 9.17) is 0 Å². The number of thiazole rings is 1. The van der Waals surface area contributed by atoms with E-state index >= 15 is 0 Å². The molecule has 0 radical (unpaired) electrons. The van der Waals surface area contributed by atoms with Crippen LogP contribution in [-0.4, -0.2) is 15.0 Å². The molecule has 0 atom stereocenters. The molecule has 4 heteroatoms. The van der Waals surface area contributed by atoms with Crippen LogP contribution in [0.4, 0.5) is 0 Å². The summed E-state index contributed by atoms with van der Waals surface area (Å²) in [7, 11) is 0. The Balaban J connectivity index is 1.81. The van der Waals surface area contributed by atoms with Gasteiger partial charge in [-0.25, -0.2) is 9.97 Å². The number of aromatic nitrogens is 3. The molecule has 2 heterocycles. The molecule has 0 aliphatic carbocycles. The second kappa shape index (κ2) is 4.82. The Morgan fingerprint density at radius 3 is 2.62 bits per heavy atom. The molecule has 0 bridgehead atoms. The van der Waals surface area contributed by atoms with Gasteiger partial charge in [0.15, 0.2) is 0 Å². The number of hydrogen-bond acceptors (Lipinski definition) is 3. The van der Waals surface area contributed by atoms with Gasteiger partial charge < -0.3 is 4.98 Å². The fraction of sp³-hybridized carbons (Fsp3) is 0.0588. The van der Waals surface area contributed by atoms with E-state index in [2.05, 4.69) is 38.5 Å². The molecule has 102 valence electrons. The van der Waals surface area contributed by atoms with Gasteiger partial charge in [-0.15, -0.1) is 11.3 Å². The van der Waals surface area contributed by atoms with E-state index < -0.39 is 0 Å². The smallest absolute Gasteiger partial charge is 0.138 e. The Bertz CT molecular complexity index is 887. The van der Waals surface area contributed by atoms with Gasteiger partial charge in [-0.3, -0.25) is 0 Å². The first-order valence-corrected chi connectivity index (χ1v) is 7.65. The molecule has 21 heavy (non-hydrogen) atoms. The topological polar surface area (TPSA) is 41.6 Å². The summed E-state index contributed by atoms with van der Waals surface area (Å²) in [5.41, 5.74) is 5.27. The van der Waals surface area contributed by atoms with Crippen molar-refractivity contribution >= 4 is 22.4 Å². The van der Waals surface area contributed by atoms with Gasteiger partial charge >= 0.3 is 0 Å². The first-order chi connectivity index (χ1) is 10.3. The molecule has 1 N–H and O–H groups in total. The lowest BCUT2D eigenvalue weighted by Crippen LogP contribution is -1.83. The Hall–Kier alpha value is -2.46. The summed E-state index contributed by atoms with van der Waals surface area (Å²) in [4.78, 5) is 12.6. The molecule has 2 aromatic heterocycles. The van der Waals surface area contributed by atoms with Crippen molar-refractivity contribution in [1.82, 2.24) is 15.0 Å². The van der Waals surface area contributed by atoms with Crippen molar-refractivity contribution in [2.75, 3.05) is 0 Å². The Morgan fingerprint density at radius 1 is 0.952 bits per heavy atom. The van der Waals surface area contributed by atoms with Crippen LogP contribution in [-0.2, 0) is 0 Å². The number of benzene rings is 2. The largest absolute Gasteiger partial charge is 0.338 e. The highest BCUT2D eigenvalue weighted by Crippen LogP contribution is 2.27. The van der Waals surface area contributed by atoms with Crippen molar-refractivity contribution in [2.24, 2.45) is 0 Å². The molecule has 0 aliphatic rings. The van der Waals surface area contributed by atoms with Crippen LogP contribution in [0.3, 0.4) is 0 Å². The van der Waals surface area contributed by atoms with Crippen LogP contribution in [0.15, 0.2) is 53.9 Å². The van der Waals surface area contributed by atoms with Crippen molar-refractivity contribution in [3.8, 4) is 22.6 Å². The van der Waals surface area contributed by atoms with Crippen LogP contribution >= 0.6 is 11.3 Å². The van der Waals surface area contributed by atoms with Crippen LogP contribution in [0.25, 0.3) is 33.7 Å². The SMILES string of the molecule is Cc1nc(-c2cccc(-c3nc4ccccc4[nH]3)c2)cs1. The van der Waals surface area contributed by atoms with Gasteiger partial charge in [-0.1, -0.05) is 30.3 Å². The standard InChI is InChI=1S/C17H13N3S/c1-11-18-16(10-21-11)12-5-4-6-13(9-12)17-19-14-7-2-3-8-15(14)20-17/h2-10H,1H3,(H,19,20). The molecule has 4 rings (SSSR count). The number of imidazole rings is 1. The summed E-state index contributed by atoms with van der Waals surface area (Å²) in [6.07, 6.45) is 0. The number of nitrogens with zero attached hydrogens (tertiary/aromatic N) is 2. The lowest BCUT2D eigenvalue weighted by molar-refractivity contribution is 1.29. The molecule has 0 fully saturated rings. The summed E-state index contributed by atoms with van der Waals surface area (Å²) in [5.74, 6) is 0.894. The number of hydrogen-bond donors (Lipinski definition) is 1. The monoisotopic (exact) mass is 291 g/mol. The van der Waals surface area contributed by atoms with Gasteiger partial charge in [-0.05, 0) is 25.1 Å². The van der Waals surface area contributed by atoms with Gasteiger partial charge in [0.05, 0.1) is 21.7 Å². The summed E-state index contributed by atoms with van der Waals surface area (Å²) >= 11 is 1.67. The molecule has 0 unspecified atom stereocenters. The van der Waals surface area contributed by atoms with Crippen LogP contribution in [0.1, 0.15) is 5.01 Å². The van der Waals surface area contributed by atoms with Crippen molar-refractivity contribution < 1.29 is 0 Å². The van der Waals surface area contributed by atoms with E-state index in [0.717, 1.165) is 38.7 Å². The lowest BCUT2D eigenvalue weighted by atomic mass is 10.1. The maximum atomic E-state index is 4.65. The van der Waals surface area contributed by atoms with Crippen molar-refractivity contribution in [1.29, 1.82) is 0 Å². The van der Waals surface area contributed by atoms with Crippen molar-refractivity contribution in [2.45, 2.75) is 6.92 Å². The number of H-pyrrole nitrogens is 1. The highest BCUT2D eigenvalue weighted by atomic mass is 32.1. The number of nitrogens with one attached hydrogen (secondary N) is 1. The maximum Gasteiger partial charge on any atom is 0.138 e. The summed E-state index contributed by atoms with van der Waals surface area (Å²) < 4.78 is 0. The zero-order chi connectivity index (χ0) is 14.2. The number of aromatic amines is 1. The van der Waals surface area contributed by atoms with Gasteiger partial charge in [0, 0.05) is 16.5 Å². The Morgan fingerprint density at radius 2 is 1.81 bits per heavy atom. The molecular formula is C17H13N3S. The molecule has 0 aliphatic heterocycles. The molecular weight excluding hydrogens is 278 g/mol. The third-order valence-electron chi connectivity index (χ3n) is 3.44. The van der Waals surface area contributed by atoms with E-state index in [-0.39, 0.29) is 0 Å². The normalized spacial score (nSPS) is 11.1. The fourth-order valence-electron chi connectivity index (χ4n) is 2.41. The Labute approximate surface area is 126 Å². The molecule has 2 aromatic carbocycles. The third kappa shape index (κ3) is 2.23. The molecule has 0 saturated heterocycles. The second-order valence-electron chi connectivity index (χ2n) is 4.94. The second-order valence-corrected chi connectivity index (χ2v) is 6.00. The molecule has 0 saturated carbocycles. The van der Waals surface area contributed by atoms with Crippen LogP contribution in [0.2, 0.25) is 0 Å². The van der Waals surface area contributed by atoms with Gasteiger partial charge in [0.1, 0.15) is 5.82 Å². The highest BCUT2D eigenvalue weighted by molar-refractivity contribution is 7.09. The number of para-hydroxylation sites is 2. The van der Waals surface area contributed by atoms with Gasteiger partial charge in [-0.2, -0.15) is 0 Å². The summed E-state index contributed by atoms with van der Waals surface area (Å²) in [6.45, 7) is 2.03. The van der Waals surface area contributed by atoms with E-state index in [1.54, 1.807) is 11.3 Å². The Kier molecular flexibility index (Phi) is 2.82. The molecule has 4 aromatic rings. The van der Waals surface area contributed by atoms with Crippen LogP contribution in [0, 0.1) is 6.92 Å². The minimum atomic E-state index is 0.894. The summed E-state index contributed by atoms with van der Waals surface area (Å²) in [6, 6.07) is 16.4. The highest BCUT2D eigenvalue weighted by Gasteiger charge is 2.07. The predicted molar refractivity (Wildman–Crippen MR) is 87.4 cm³/mol. The zero-order valence-corrected chi connectivity index (χ0v) is 12.3. The quantitative estimate of drug-likeness (QED) is 0.583. The zero-order valence-electron chi connectivity index (χ0n) is 11.5. The number of fused-ring (bicyclic) bond motifs is 1. The predicted octanol–water partition coefficient (Wildman–Crippen LogP) is 4.66. The molecule has 0 amide bonds. The number of aryl methyl sites for hydroxylation is 1. The first kappa shape index (κ1) is 12.3. The summed E-state index contributed by atoms with van der Waals surface area (Å²) in [5, 5.41) is 3.17. The lowest BCUT2D eigenvalue weighted by Gasteiger charge is -2.00. The van der Waals surface area contributed by atoms with E-state index in [0.29, 0.717) is 0 Å². The van der Waals surface area contributed by atoms with E-state index in [9.17, 15) is 0 Å². The molecule has 3 nitrogen and oxygen atoms in total. The first-order valence-electron chi connectivity index (χ1n) is 6.77. The fourth-order valence-corrected chi connectivity index (χ4v) is 3.03. The number of rotatable bonds is 2. The average molecular weight is 291 g/mol. The van der Waals surface area contributed by atoms with E-state index in [1.165, 1.54) is 0 Å². The minimum Gasteiger partial charge on any atom is -0.338 e.